The summed E-state index contributed by atoms with van der Waals surface area (Å²) in [6, 6.07) is 6.41. The molecule has 1 N–H and O–H groups in total. The van der Waals surface area contributed by atoms with E-state index in [4.69, 9.17) is 5.11 Å². The van der Waals surface area contributed by atoms with E-state index < -0.39 is 5.97 Å². The quantitative estimate of drug-likeness (QED) is 0.926. The summed E-state index contributed by atoms with van der Waals surface area (Å²) >= 11 is 3.35. The molecule has 0 aliphatic rings. The number of carbonyl (C=O) groups is 1. The first-order chi connectivity index (χ1) is 8.06. The minimum atomic E-state index is -1.10. The van der Waals surface area contributed by atoms with E-state index in [1.54, 1.807) is 22.8 Å². The fourth-order valence-electron chi connectivity index (χ4n) is 1.89. The molecule has 1 aromatic heterocycles. The normalized spacial score (nSPS) is 10.7. The molecule has 0 fully saturated rings. The largest absolute Gasteiger partial charge is 0.477 e. The van der Waals surface area contributed by atoms with E-state index in [2.05, 4.69) is 15.9 Å². The van der Waals surface area contributed by atoms with E-state index in [0.717, 1.165) is 4.47 Å². The molecule has 2 rings (SSSR count). The van der Waals surface area contributed by atoms with Gasteiger partial charge in [-0.2, -0.15) is 0 Å². The fourth-order valence-corrected chi connectivity index (χ4v) is 2.47. The molecule has 0 unspecified atom stereocenters. The highest BCUT2D eigenvalue weighted by Crippen LogP contribution is 2.23. The van der Waals surface area contributed by atoms with Crippen LogP contribution in [0.5, 0.6) is 0 Å². The number of rotatable bonds is 2. The van der Waals surface area contributed by atoms with Gasteiger partial charge in [-0.3, -0.25) is 4.79 Å². The van der Waals surface area contributed by atoms with Crippen LogP contribution in [-0.2, 0) is 6.54 Å². The van der Waals surface area contributed by atoms with Gasteiger partial charge in [-0.25, -0.2) is 4.79 Å². The third-order valence-corrected chi connectivity index (χ3v) is 3.26. The monoisotopic (exact) mass is 295 g/mol. The van der Waals surface area contributed by atoms with Gasteiger partial charge in [0.15, 0.2) is 5.43 Å². The summed E-state index contributed by atoms with van der Waals surface area (Å²) in [4.78, 5) is 22.9. The van der Waals surface area contributed by atoms with Crippen LogP contribution in [0.25, 0.3) is 10.9 Å². The van der Waals surface area contributed by atoms with E-state index >= 15 is 0 Å². The third-order valence-electron chi connectivity index (χ3n) is 2.62. The van der Waals surface area contributed by atoms with E-state index in [1.165, 1.54) is 6.07 Å². The first-order valence-electron chi connectivity index (χ1n) is 5.11. The second kappa shape index (κ2) is 4.33. The molecule has 88 valence electrons. The second-order valence-electron chi connectivity index (χ2n) is 3.58. The zero-order valence-corrected chi connectivity index (χ0v) is 10.7. The van der Waals surface area contributed by atoms with Crippen molar-refractivity contribution in [1.29, 1.82) is 0 Å². The lowest BCUT2D eigenvalue weighted by Gasteiger charge is -2.13. The van der Waals surface area contributed by atoms with Gasteiger partial charge in [-0.1, -0.05) is 6.07 Å². The molecule has 0 aliphatic carbocycles. The zero-order chi connectivity index (χ0) is 12.6. The first kappa shape index (κ1) is 11.9. The lowest BCUT2D eigenvalue weighted by molar-refractivity contribution is 0.0685. The number of halogens is 1. The summed E-state index contributed by atoms with van der Waals surface area (Å²) in [6.45, 7) is 2.33. The Morgan fingerprint density at radius 3 is 2.76 bits per heavy atom. The molecule has 0 saturated heterocycles. The molecule has 2 aromatic rings. The Morgan fingerprint density at radius 1 is 1.47 bits per heavy atom. The average Bonchev–Trinajstić information content (AvgIpc) is 2.29. The number of para-hydroxylation sites is 1. The van der Waals surface area contributed by atoms with Crippen molar-refractivity contribution in [3.8, 4) is 0 Å². The number of hydrogen-bond donors (Lipinski definition) is 1. The summed E-state index contributed by atoms with van der Waals surface area (Å²) in [7, 11) is 0. The maximum absolute atomic E-state index is 11.8. The third kappa shape index (κ3) is 1.86. The highest BCUT2D eigenvalue weighted by atomic mass is 79.9. The molecule has 17 heavy (non-hydrogen) atoms. The van der Waals surface area contributed by atoms with Gasteiger partial charge in [-0.05, 0) is 35.0 Å². The Labute approximate surface area is 106 Å². The molecule has 1 aromatic carbocycles. The van der Waals surface area contributed by atoms with Crippen LogP contribution in [0.15, 0.2) is 33.5 Å². The highest BCUT2D eigenvalue weighted by Gasteiger charge is 2.14. The number of benzene rings is 1. The van der Waals surface area contributed by atoms with E-state index in [0.29, 0.717) is 17.4 Å². The van der Waals surface area contributed by atoms with E-state index in [1.807, 2.05) is 6.92 Å². The SMILES string of the molecule is CCn1c(C(=O)O)cc(=O)c2cccc(Br)c21. The Bertz CT molecular complexity index is 661. The minimum Gasteiger partial charge on any atom is -0.477 e. The molecular formula is C12H10BrNO3. The van der Waals surface area contributed by atoms with E-state index in [-0.39, 0.29) is 11.1 Å². The molecule has 4 nitrogen and oxygen atoms in total. The number of aromatic carboxylic acids is 1. The predicted molar refractivity (Wildman–Crippen MR) is 68.5 cm³/mol. The number of carboxylic acids is 1. The summed E-state index contributed by atoms with van der Waals surface area (Å²) < 4.78 is 2.33. The van der Waals surface area contributed by atoms with Crippen LogP contribution in [0.3, 0.4) is 0 Å². The molecule has 0 saturated carbocycles. The van der Waals surface area contributed by atoms with Gasteiger partial charge < -0.3 is 9.67 Å². The smallest absolute Gasteiger partial charge is 0.352 e. The Balaban J connectivity index is 3.04. The van der Waals surface area contributed by atoms with E-state index in [9.17, 15) is 9.59 Å². The van der Waals surface area contributed by atoms with Gasteiger partial charge in [0.05, 0.1) is 5.52 Å². The number of nitrogens with zero attached hydrogens (tertiary/aromatic N) is 1. The van der Waals surface area contributed by atoms with Crippen molar-refractivity contribution in [2.75, 3.05) is 0 Å². The van der Waals surface area contributed by atoms with Gasteiger partial charge in [0.1, 0.15) is 5.69 Å². The van der Waals surface area contributed by atoms with Gasteiger partial charge in [0.2, 0.25) is 0 Å². The average molecular weight is 296 g/mol. The van der Waals surface area contributed by atoms with Crippen molar-refractivity contribution in [3.05, 3.63) is 44.7 Å². The first-order valence-corrected chi connectivity index (χ1v) is 5.91. The summed E-state index contributed by atoms with van der Waals surface area (Å²) in [5.41, 5.74) is 0.361. The molecule has 0 bridgehead atoms. The maximum atomic E-state index is 11.8. The van der Waals surface area contributed by atoms with Crippen molar-refractivity contribution in [1.82, 2.24) is 4.57 Å². The molecule has 5 heteroatoms. The number of aromatic nitrogens is 1. The van der Waals surface area contributed by atoms with Crippen molar-refractivity contribution in [3.63, 3.8) is 0 Å². The maximum Gasteiger partial charge on any atom is 0.352 e. The van der Waals surface area contributed by atoms with Crippen LogP contribution in [0.4, 0.5) is 0 Å². The van der Waals surface area contributed by atoms with Crippen LogP contribution >= 0.6 is 15.9 Å². The minimum absolute atomic E-state index is 0.0110. The molecule has 0 aliphatic heterocycles. The molecule has 1 heterocycles. The number of aryl methyl sites for hydroxylation is 1. The molecule has 0 spiro atoms. The highest BCUT2D eigenvalue weighted by molar-refractivity contribution is 9.10. The van der Waals surface area contributed by atoms with Crippen molar-refractivity contribution >= 4 is 32.8 Å². The van der Waals surface area contributed by atoms with Crippen LogP contribution in [0.1, 0.15) is 17.4 Å². The predicted octanol–water partition coefficient (Wildman–Crippen LogP) is 2.48. The van der Waals surface area contributed by atoms with Crippen LogP contribution < -0.4 is 5.43 Å². The topological polar surface area (TPSA) is 59.3 Å². The number of pyridine rings is 1. The number of hydrogen-bond acceptors (Lipinski definition) is 2. The van der Waals surface area contributed by atoms with Crippen LogP contribution in [0.2, 0.25) is 0 Å². The molecule has 0 amide bonds. The second-order valence-corrected chi connectivity index (χ2v) is 4.43. The van der Waals surface area contributed by atoms with Crippen molar-refractivity contribution < 1.29 is 9.90 Å². The van der Waals surface area contributed by atoms with Gasteiger partial charge in [-0.15, -0.1) is 0 Å². The van der Waals surface area contributed by atoms with Crippen molar-refractivity contribution in [2.45, 2.75) is 13.5 Å². The zero-order valence-electron chi connectivity index (χ0n) is 9.11. The lowest BCUT2D eigenvalue weighted by atomic mass is 10.1. The lowest BCUT2D eigenvalue weighted by Crippen LogP contribution is -2.17. The summed E-state index contributed by atoms with van der Waals surface area (Å²) in [5.74, 6) is -1.10. The van der Waals surface area contributed by atoms with Gasteiger partial charge >= 0.3 is 5.97 Å². The van der Waals surface area contributed by atoms with Crippen LogP contribution in [-0.4, -0.2) is 15.6 Å². The number of fused-ring (bicyclic) bond motifs is 1. The van der Waals surface area contributed by atoms with Gasteiger partial charge in [0, 0.05) is 22.5 Å². The summed E-state index contributed by atoms with van der Waals surface area (Å²) in [6.07, 6.45) is 0. The van der Waals surface area contributed by atoms with Crippen molar-refractivity contribution in [2.24, 2.45) is 0 Å². The van der Waals surface area contributed by atoms with Crippen LogP contribution in [0, 0.1) is 0 Å². The fraction of sp³-hybridized carbons (Fsp3) is 0.167. The standard InChI is InChI=1S/C12H10BrNO3/c1-2-14-9(12(16)17)6-10(15)7-4-3-5-8(13)11(7)14/h3-6H,2H2,1H3,(H,16,17). The summed E-state index contributed by atoms with van der Waals surface area (Å²) in [5, 5.41) is 9.62. The number of carboxylic acid groups (broad SMARTS) is 1. The van der Waals surface area contributed by atoms with Gasteiger partial charge in [0.25, 0.3) is 0 Å². The Hall–Kier alpha value is -1.62. The molecule has 0 atom stereocenters. The Kier molecular flexibility index (Phi) is 3.02. The molecular weight excluding hydrogens is 286 g/mol. The Morgan fingerprint density at radius 2 is 2.18 bits per heavy atom. The molecule has 0 radical (unpaired) electrons.